The van der Waals surface area contributed by atoms with Gasteiger partial charge in [0.05, 0.1) is 11.9 Å². The molecule has 76 valence electrons. The summed E-state index contributed by atoms with van der Waals surface area (Å²) in [5, 5.41) is 10.6. The molecule has 2 atom stereocenters. The number of nitrogens with one attached hydrogen (secondary N) is 1. The molecule has 0 heterocycles. The third kappa shape index (κ3) is 4.31. The predicted molar refractivity (Wildman–Crippen MR) is 49.0 cm³/mol. The summed E-state index contributed by atoms with van der Waals surface area (Å²) in [5.41, 5.74) is 5.24. The molecule has 0 rings (SSSR count). The van der Waals surface area contributed by atoms with Gasteiger partial charge in [-0.2, -0.15) is 0 Å². The van der Waals surface area contributed by atoms with E-state index < -0.39 is 24.0 Å². The highest BCUT2D eigenvalue weighted by Crippen LogP contribution is 1.91. The van der Waals surface area contributed by atoms with Crippen LogP contribution in [-0.2, 0) is 9.59 Å². The fourth-order valence-electron chi connectivity index (χ4n) is 0.515. The third-order valence-corrected chi connectivity index (χ3v) is 1.91. The number of carbonyl (C=O) groups is 2. The van der Waals surface area contributed by atoms with E-state index in [4.69, 9.17) is 34.0 Å². The molecule has 4 N–H and O–H groups in total. The summed E-state index contributed by atoms with van der Waals surface area (Å²) < 4.78 is 0. The van der Waals surface area contributed by atoms with E-state index in [2.05, 4.69) is 5.32 Å². The smallest absolute Gasteiger partial charge is 0.327 e. The van der Waals surface area contributed by atoms with E-state index in [0.717, 1.165) is 0 Å². The summed E-state index contributed by atoms with van der Waals surface area (Å²) in [6, 6.07) is -2.03. The van der Waals surface area contributed by atoms with Crippen LogP contribution in [0.3, 0.4) is 0 Å². The number of amides is 1. The Balaban J connectivity index is 4.09. The van der Waals surface area contributed by atoms with Crippen LogP contribution in [0, 0.1) is 0 Å². The van der Waals surface area contributed by atoms with E-state index in [1.807, 2.05) is 0 Å². The molecule has 7 heteroatoms. The zero-order valence-electron chi connectivity index (χ0n) is 6.67. The van der Waals surface area contributed by atoms with Crippen LogP contribution >= 0.6 is 23.2 Å². The second-order valence-corrected chi connectivity index (χ2v) is 2.93. The first-order valence-electron chi connectivity index (χ1n) is 3.43. The molecule has 0 spiro atoms. The number of halogens is 2. The van der Waals surface area contributed by atoms with Gasteiger partial charge < -0.3 is 16.2 Å². The Bertz CT molecular complexity index is 200. The number of carbonyl (C=O) groups excluding carboxylic acids is 1. The molecule has 0 fully saturated rings. The van der Waals surface area contributed by atoms with Crippen LogP contribution in [0.25, 0.3) is 0 Å². The van der Waals surface area contributed by atoms with E-state index in [0.29, 0.717) is 0 Å². The van der Waals surface area contributed by atoms with Crippen LogP contribution in [0.15, 0.2) is 0 Å². The molecule has 0 bridgehead atoms. The van der Waals surface area contributed by atoms with Crippen molar-refractivity contribution in [2.24, 2.45) is 5.73 Å². The summed E-state index contributed by atoms with van der Waals surface area (Å²) in [4.78, 5) is 21.4. The minimum absolute atomic E-state index is 0.0690. The quantitative estimate of drug-likeness (QED) is 0.547. The number of aliphatic carboxylic acids is 1. The zero-order valence-corrected chi connectivity index (χ0v) is 8.18. The molecule has 0 aliphatic rings. The average Bonchev–Trinajstić information content (AvgIpc) is 2.11. The van der Waals surface area contributed by atoms with E-state index in [1.54, 1.807) is 0 Å². The second kappa shape index (κ2) is 6.01. The van der Waals surface area contributed by atoms with Gasteiger partial charge in [0.25, 0.3) is 0 Å². The van der Waals surface area contributed by atoms with Gasteiger partial charge in [0.1, 0.15) is 6.04 Å². The second-order valence-electron chi connectivity index (χ2n) is 2.31. The van der Waals surface area contributed by atoms with E-state index >= 15 is 0 Å². The fraction of sp³-hybridized carbons (Fsp3) is 0.667. The van der Waals surface area contributed by atoms with Crippen molar-refractivity contribution >= 4 is 35.1 Å². The standard InChI is InChI=1S/C6H10Cl2N2O3/c7-1-3(9)5(11)10-4(2-8)6(12)13/h3-4H,1-2,9H2,(H,10,11)(H,12,13). The van der Waals surface area contributed by atoms with Gasteiger partial charge in [0.2, 0.25) is 5.91 Å². The third-order valence-electron chi connectivity index (χ3n) is 1.27. The van der Waals surface area contributed by atoms with Crippen molar-refractivity contribution in [1.82, 2.24) is 5.32 Å². The Morgan fingerprint density at radius 3 is 2.23 bits per heavy atom. The minimum atomic E-state index is -1.20. The maximum absolute atomic E-state index is 11.0. The summed E-state index contributed by atoms with van der Waals surface area (Å²) in [7, 11) is 0. The summed E-state index contributed by atoms with van der Waals surface area (Å²) in [6.07, 6.45) is 0. The molecule has 2 unspecified atom stereocenters. The van der Waals surface area contributed by atoms with Gasteiger partial charge in [0.15, 0.2) is 0 Å². The highest BCUT2D eigenvalue weighted by Gasteiger charge is 2.21. The maximum Gasteiger partial charge on any atom is 0.327 e. The molecular weight excluding hydrogens is 219 g/mol. The molecule has 0 aromatic carbocycles. The highest BCUT2D eigenvalue weighted by molar-refractivity contribution is 6.20. The summed E-state index contributed by atoms with van der Waals surface area (Å²) >= 11 is 10.6. The molecule has 0 saturated carbocycles. The van der Waals surface area contributed by atoms with E-state index in [-0.39, 0.29) is 11.8 Å². The van der Waals surface area contributed by atoms with Crippen molar-refractivity contribution in [3.05, 3.63) is 0 Å². The molecule has 0 saturated heterocycles. The largest absolute Gasteiger partial charge is 0.480 e. The number of nitrogens with two attached hydrogens (primary N) is 1. The molecular formula is C6H10Cl2N2O3. The van der Waals surface area contributed by atoms with Gasteiger partial charge in [-0.25, -0.2) is 4.79 Å². The molecule has 5 nitrogen and oxygen atoms in total. The molecule has 0 aromatic rings. The number of hydrogen-bond donors (Lipinski definition) is 3. The lowest BCUT2D eigenvalue weighted by Crippen LogP contribution is -2.49. The van der Waals surface area contributed by atoms with Gasteiger partial charge >= 0.3 is 5.97 Å². The van der Waals surface area contributed by atoms with Crippen LogP contribution in [0.1, 0.15) is 0 Å². The van der Waals surface area contributed by atoms with Crippen LogP contribution in [0.5, 0.6) is 0 Å². The Hall–Kier alpha value is -0.520. The van der Waals surface area contributed by atoms with Crippen LogP contribution in [0.2, 0.25) is 0 Å². The lowest BCUT2D eigenvalue weighted by molar-refractivity contribution is -0.141. The van der Waals surface area contributed by atoms with E-state index in [1.165, 1.54) is 0 Å². The van der Waals surface area contributed by atoms with Gasteiger partial charge in [-0.15, -0.1) is 23.2 Å². The SMILES string of the molecule is NC(CCl)C(=O)NC(CCl)C(=O)O. The van der Waals surface area contributed by atoms with Gasteiger partial charge in [0, 0.05) is 5.88 Å². The minimum Gasteiger partial charge on any atom is -0.480 e. The van der Waals surface area contributed by atoms with Crippen LogP contribution < -0.4 is 11.1 Å². The molecule has 0 aliphatic carbocycles. The molecule has 1 amide bonds. The van der Waals surface area contributed by atoms with Crippen molar-refractivity contribution in [3.8, 4) is 0 Å². The first kappa shape index (κ1) is 12.5. The number of carboxylic acid groups (broad SMARTS) is 1. The first-order valence-corrected chi connectivity index (χ1v) is 4.50. The Morgan fingerprint density at radius 1 is 1.38 bits per heavy atom. The monoisotopic (exact) mass is 228 g/mol. The lowest BCUT2D eigenvalue weighted by atomic mass is 10.3. The van der Waals surface area contributed by atoms with Crippen LogP contribution in [0.4, 0.5) is 0 Å². The lowest BCUT2D eigenvalue weighted by Gasteiger charge is -2.13. The van der Waals surface area contributed by atoms with Crippen molar-refractivity contribution in [2.75, 3.05) is 11.8 Å². The number of alkyl halides is 2. The van der Waals surface area contributed by atoms with Gasteiger partial charge in [-0.3, -0.25) is 4.79 Å². The number of carboxylic acids is 1. The van der Waals surface area contributed by atoms with Gasteiger partial charge in [-0.1, -0.05) is 0 Å². The summed E-state index contributed by atoms with van der Waals surface area (Å²) in [6.45, 7) is 0. The van der Waals surface area contributed by atoms with Crippen LogP contribution in [-0.4, -0.2) is 40.8 Å². The fourth-order valence-corrected chi connectivity index (χ4v) is 0.864. The number of rotatable bonds is 5. The Labute approximate surface area is 85.2 Å². The predicted octanol–water partition coefficient (Wildman–Crippen LogP) is -0.639. The molecule has 0 aliphatic heterocycles. The first-order chi connectivity index (χ1) is 6.02. The molecule has 0 radical (unpaired) electrons. The summed E-state index contributed by atoms with van der Waals surface area (Å²) in [5.74, 6) is -2.11. The number of hydrogen-bond acceptors (Lipinski definition) is 3. The maximum atomic E-state index is 11.0. The Morgan fingerprint density at radius 2 is 1.92 bits per heavy atom. The normalized spacial score (nSPS) is 14.7. The molecule has 0 aromatic heterocycles. The van der Waals surface area contributed by atoms with Gasteiger partial charge in [-0.05, 0) is 0 Å². The van der Waals surface area contributed by atoms with Crippen molar-refractivity contribution in [2.45, 2.75) is 12.1 Å². The van der Waals surface area contributed by atoms with Crippen molar-refractivity contribution < 1.29 is 14.7 Å². The highest BCUT2D eigenvalue weighted by atomic mass is 35.5. The Kier molecular flexibility index (Phi) is 5.77. The topological polar surface area (TPSA) is 92.4 Å². The van der Waals surface area contributed by atoms with E-state index in [9.17, 15) is 9.59 Å². The zero-order chi connectivity index (χ0) is 10.4. The molecule has 13 heavy (non-hydrogen) atoms. The average molecular weight is 229 g/mol. The van der Waals surface area contributed by atoms with Crippen molar-refractivity contribution in [1.29, 1.82) is 0 Å². The van der Waals surface area contributed by atoms with Crippen molar-refractivity contribution in [3.63, 3.8) is 0 Å².